The topological polar surface area (TPSA) is 57.6 Å². The number of rotatable bonds is 3. The smallest absolute Gasteiger partial charge is 0.308 e. The van der Waals surface area contributed by atoms with E-state index in [-0.39, 0.29) is 5.91 Å². The van der Waals surface area contributed by atoms with Crippen molar-refractivity contribution >= 4 is 17.4 Å². The SMILES string of the molecule is O=C(O)C1CCCN(C(=O)CC=C2c3ccccc3CCc3ccccc32)C1. The average Bonchev–Trinajstić information content (AvgIpc) is 2.89. The van der Waals surface area contributed by atoms with Gasteiger partial charge in [0.05, 0.1) is 5.92 Å². The van der Waals surface area contributed by atoms with Gasteiger partial charge in [-0.25, -0.2) is 0 Å². The lowest BCUT2D eigenvalue weighted by Crippen LogP contribution is -2.42. The first kappa shape index (κ1) is 18.5. The fourth-order valence-electron chi connectivity index (χ4n) is 4.36. The van der Waals surface area contributed by atoms with E-state index in [0.29, 0.717) is 25.9 Å². The molecule has 4 heteroatoms. The van der Waals surface area contributed by atoms with Crippen LogP contribution in [0.15, 0.2) is 54.6 Å². The number of benzene rings is 2. The third-order valence-corrected chi connectivity index (χ3v) is 5.88. The van der Waals surface area contributed by atoms with Crippen LogP contribution >= 0.6 is 0 Å². The van der Waals surface area contributed by atoms with E-state index in [9.17, 15) is 14.7 Å². The van der Waals surface area contributed by atoms with Crippen molar-refractivity contribution < 1.29 is 14.7 Å². The molecule has 144 valence electrons. The Morgan fingerprint density at radius 2 is 1.61 bits per heavy atom. The minimum atomic E-state index is -0.803. The lowest BCUT2D eigenvalue weighted by atomic mass is 9.93. The van der Waals surface area contributed by atoms with Crippen LogP contribution in [0.3, 0.4) is 0 Å². The van der Waals surface area contributed by atoms with Gasteiger partial charge in [0.15, 0.2) is 0 Å². The van der Waals surface area contributed by atoms with Crippen molar-refractivity contribution in [2.24, 2.45) is 5.92 Å². The Kier molecular flexibility index (Phi) is 5.29. The summed E-state index contributed by atoms with van der Waals surface area (Å²) in [6.07, 6.45) is 5.72. The van der Waals surface area contributed by atoms with Gasteiger partial charge in [-0.2, -0.15) is 0 Å². The van der Waals surface area contributed by atoms with Crippen molar-refractivity contribution in [3.05, 3.63) is 76.9 Å². The Morgan fingerprint density at radius 3 is 2.21 bits per heavy atom. The third-order valence-electron chi connectivity index (χ3n) is 5.88. The van der Waals surface area contributed by atoms with Crippen molar-refractivity contribution in [3.63, 3.8) is 0 Å². The van der Waals surface area contributed by atoms with Gasteiger partial charge in [0.1, 0.15) is 0 Å². The van der Waals surface area contributed by atoms with E-state index in [1.54, 1.807) is 4.90 Å². The first-order valence-electron chi connectivity index (χ1n) is 10.0. The van der Waals surface area contributed by atoms with Gasteiger partial charge in [0.25, 0.3) is 0 Å². The fraction of sp³-hybridized carbons (Fsp3) is 0.333. The van der Waals surface area contributed by atoms with Crippen molar-refractivity contribution in [1.82, 2.24) is 4.90 Å². The first-order valence-corrected chi connectivity index (χ1v) is 10.0. The number of carboxylic acid groups (broad SMARTS) is 1. The van der Waals surface area contributed by atoms with Crippen molar-refractivity contribution in [3.8, 4) is 0 Å². The maximum atomic E-state index is 12.8. The highest BCUT2D eigenvalue weighted by Gasteiger charge is 2.28. The maximum Gasteiger partial charge on any atom is 0.308 e. The molecule has 28 heavy (non-hydrogen) atoms. The van der Waals surface area contributed by atoms with E-state index in [0.717, 1.165) is 24.8 Å². The van der Waals surface area contributed by atoms with Crippen molar-refractivity contribution in [1.29, 1.82) is 0 Å². The Morgan fingerprint density at radius 1 is 1.00 bits per heavy atom. The number of likely N-dealkylation sites (tertiary alicyclic amines) is 1. The molecule has 1 unspecified atom stereocenters. The van der Waals surface area contributed by atoms with Gasteiger partial charge in [-0.1, -0.05) is 54.6 Å². The highest BCUT2D eigenvalue weighted by molar-refractivity contribution is 5.87. The Labute approximate surface area is 165 Å². The average molecular weight is 375 g/mol. The molecule has 0 aromatic heterocycles. The molecular formula is C24H25NO3. The second kappa shape index (κ2) is 8.01. The summed E-state index contributed by atoms with van der Waals surface area (Å²) >= 11 is 0. The van der Waals surface area contributed by atoms with E-state index in [1.165, 1.54) is 22.3 Å². The van der Waals surface area contributed by atoms with E-state index in [1.807, 2.05) is 18.2 Å². The molecule has 4 nitrogen and oxygen atoms in total. The van der Waals surface area contributed by atoms with E-state index in [4.69, 9.17) is 0 Å². The fourth-order valence-corrected chi connectivity index (χ4v) is 4.36. The van der Waals surface area contributed by atoms with Crippen molar-refractivity contribution in [2.45, 2.75) is 32.1 Å². The minimum absolute atomic E-state index is 0.0117. The molecule has 1 fully saturated rings. The van der Waals surface area contributed by atoms with Crippen LogP contribution in [0.5, 0.6) is 0 Å². The molecule has 4 rings (SSSR count). The molecule has 0 bridgehead atoms. The largest absolute Gasteiger partial charge is 0.481 e. The van der Waals surface area contributed by atoms with Gasteiger partial charge in [0, 0.05) is 19.5 Å². The molecule has 1 N–H and O–H groups in total. The summed E-state index contributed by atoms with van der Waals surface area (Å²) in [5.41, 5.74) is 6.12. The molecule has 1 amide bonds. The summed E-state index contributed by atoms with van der Waals surface area (Å²) in [7, 11) is 0. The number of hydrogen-bond acceptors (Lipinski definition) is 2. The monoisotopic (exact) mass is 375 g/mol. The van der Waals surface area contributed by atoms with E-state index >= 15 is 0 Å². The van der Waals surface area contributed by atoms with Gasteiger partial charge >= 0.3 is 5.97 Å². The second-order valence-electron chi connectivity index (χ2n) is 7.65. The van der Waals surface area contributed by atoms with E-state index < -0.39 is 11.9 Å². The van der Waals surface area contributed by atoms with Gasteiger partial charge in [-0.3, -0.25) is 9.59 Å². The predicted molar refractivity (Wildman–Crippen MR) is 109 cm³/mol. The molecule has 0 spiro atoms. The molecule has 1 heterocycles. The number of fused-ring (bicyclic) bond motifs is 2. The quantitative estimate of drug-likeness (QED) is 0.884. The molecule has 1 aliphatic carbocycles. The number of carbonyl (C=O) groups excluding carboxylic acids is 1. The summed E-state index contributed by atoms with van der Waals surface area (Å²) in [5, 5.41) is 9.27. The molecule has 1 atom stereocenters. The number of carbonyl (C=O) groups is 2. The zero-order chi connectivity index (χ0) is 19.5. The number of nitrogens with zero attached hydrogens (tertiary/aromatic N) is 1. The molecule has 1 saturated heterocycles. The molecule has 0 saturated carbocycles. The van der Waals surface area contributed by atoms with Crippen LogP contribution in [0, 0.1) is 5.92 Å². The highest BCUT2D eigenvalue weighted by atomic mass is 16.4. The molecule has 1 aliphatic heterocycles. The van der Waals surface area contributed by atoms with Crippen LogP contribution < -0.4 is 0 Å². The Balaban J connectivity index is 1.62. The molecule has 0 radical (unpaired) electrons. The summed E-state index contributed by atoms with van der Waals surface area (Å²) < 4.78 is 0. The lowest BCUT2D eigenvalue weighted by molar-refractivity contribution is -0.145. The zero-order valence-corrected chi connectivity index (χ0v) is 15.9. The van der Waals surface area contributed by atoms with Gasteiger partial charge < -0.3 is 10.0 Å². The van der Waals surface area contributed by atoms with Crippen LogP contribution in [0.1, 0.15) is 41.5 Å². The Bertz CT molecular complexity index is 881. The zero-order valence-electron chi connectivity index (χ0n) is 15.9. The number of aryl methyl sites for hydroxylation is 2. The number of amides is 1. The normalized spacial score (nSPS) is 18.6. The minimum Gasteiger partial charge on any atom is -0.481 e. The second-order valence-corrected chi connectivity index (χ2v) is 7.65. The Hall–Kier alpha value is -2.88. The highest BCUT2D eigenvalue weighted by Crippen LogP contribution is 2.33. The number of carboxylic acids is 1. The number of piperidine rings is 1. The standard InChI is InChI=1S/C24H25NO3/c26-23(25-15-5-8-19(16-25)24(27)28)14-13-22-20-9-3-1-6-17(20)11-12-18-7-2-4-10-21(18)22/h1-4,6-7,9-10,13,19H,5,8,11-12,14-16H2,(H,27,28). The molecule has 2 aromatic carbocycles. The van der Waals surface area contributed by atoms with E-state index in [2.05, 4.69) is 36.4 Å². The van der Waals surface area contributed by atoms with Crippen LogP contribution in [0.4, 0.5) is 0 Å². The number of hydrogen-bond donors (Lipinski definition) is 1. The maximum absolute atomic E-state index is 12.8. The summed E-state index contributed by atoms with van der Waals surface area (Å²) in [5.74, 6) is -1.23. The molecule has 2 aliphatic rings. The number of aliphatic carboxylic acids is 1. The van der Waals surface area contributed by atoms with Crippen LogP contribution in [-0.2, 0) is 22.4 Å². The molecular weight excluding hydrogens is 350 g/mol. The summed E-state index contributed by atoms with van der Waals surface area (Å²) in [4.78, 5) is 25.8. The van der Waals surface area contributed by atoms with Crippen molar-refractivity contribution in [2.75, 3.05) is 13.1 Å². The van der Waals surface area contributed by atoms with Crippen LogP contribution in [-0.4, -0.2) is 35.0 Å². The van der Waals surface area contributed by atoms with Crippen LogP contribution in [0.2, 0.25) is 0 Å². The molecule has 2 aromatic rings. The van der Waals surface area contributed by atoms with Gasteiger partial charge in [-0.15, -0.1) is 0 Å². The van der Waals surface area contributed by atoms with Gasteiger partial charge in [0.2, 0.25) is 5.91 Å². The summed E-state index contributed by atoms with van der Waals surface area (Å²) in [6.45, 7) is 0.976. The first-order chi connectivity index (χ1) is 13.6. The lowest BCUT2D eigenvalue weighted by Gasteiger charge is -2.30. The summed E-state index contributed by atoms with van der Waals surface area (Å²) in [6, 6.07) is 16.8. The van der Waals surface area contributed by atoms with Crippen LogP contribution in [0.25, 0.3) is 5.57 Å². The third kappa shape index (κ3) is 3.72. The predicted octanol–water partition coefficient (Wildman–Crippen LogP) is 3.93. The van der Waals surface area contributed by atoms with Gasteiger partial charge in [-0.05, 0) is 53.5 Å².